The quantitative estimate of drug-likeness (QED) is 0.468. The van der Waals surface area contributed by atoms with Gasteiger partial charge in [0, 0.05) is 12.5 Å². The third-order valence-electron chi connectivity index (χ3n) is 6.76. The normalized spacial score (nSPS) is 20.3. The Bertz CT molecular complexity index is 1080. The molecule has 9 heteroatoms. The molecule has 0 saturated heterocycles. The number of aliphatic carboxylic acids is 1. The monoisotopic (exact) mass is 486 g/mol. The summed E-state index contributed by atoms with van der Waals surface area (Å²) in [7, 11) is 0. The Morgan fingerprint density at radius 2 is 1.66 bits per heavy atom. The Labute approximate surface area is 201 Å². The predicted molar refractivity (Wildman–Crippen MR) is 124 cm³/mol. The number of carboxylic acid groups (broad SMARTS) is 1. The number of rotatable bonds is 10. The average Bonchev–Trinajstić information content (AvgIpc) is 3.25. The van der Waals surface area contributed by atoms with E-state index in [4.69, 9.17) is 9.84 Å². The standard InChI is InChI=1S/C26H28F2N2O5/c1-2-3-12-21(23(31)29-13-20-22(24(32)33)26(20,27)28)30-25(34)35-14-19-17-10-6-4-8-15(17)16-9-5-7-11-18(16)19/h4-11,19-22H,2-3,12-14H2,1H3,(H,29,31)(H,30,34)(H,32,33)/t20-,21?,22-/m1/s1. The van der Waals surface area contributed by atoms with E-state index in [1.165, 1.54) is 0 Å². The van der Waals surface area contributed by atoms with Gasteiger partial charge in [0.2, 0.25) is 5.91 Å². The van der Waals surface area contributed by atoms with Crippen LogP contribution < -0.4 is 10.6 Å². The number of alkyl halides is 2. The molecule has 0 aliphatic heterocycles. The number of benzene rings is 2. The maximum Gasteiger partial charge on any atom is 0.407 e. The molecule has 0 aromatic heterocycles. The van der Waals surface area contributed by atoms with Crippen LogP contribution in [0.25, 0.3) is 11.1 Å². The highest BCUT2D eigenvalue weighted by Crippen LogP contribution is 2.54. The zero-order valence-corrected chi connectivity index (χ0v) is 19.3. The number of halogens is 2. The van der Waals surface area contributed by atoms with Crippen LogP contribution in [0.1, 0.15) is 43.2 Å². The molecule has 2 aromatic rings. The smallest absolute Gasteiger partial charge is 0.407 e. The van der Waals surface area contributed by atoms with Gasteiger partial charge in [0.05, 0.1) is 5.92 Å². The van der Waals surface area contributed by atoms with Crippen LogP contribution in [0, 0.1) is 11.8 Å². The Kier molecular flexibility index (Phi) is 7.05. The molecule has 1 fully saturated rings. The molecule has 2 aliphatic rings. The number of carbonyl (C=O) groups is 3. The second-order valence-electron chi connectivity index (χ2n) is 9.01. The van der Waals surface area contributed by atoms with Crippen LogP contribution in [-0.4, -0.2) is 48.2 Å². The third kappa shape index (κ3) is 4.99. The molecule has 1 saturated carbocycles. The van der Waals surface area contributed by atoms with E-state index in [0.717, 1.165) is 28.7 Å². The van der Waals surface area contributed by atoms with Crippen molar-refractivity contribution in [1.29, 1.82) is 0 Å². The first-order valence-corrected chi connectivity index (χ1v) is 11.8. The van der Waals surface area contributed by atoms with E-state index in [1.54, 1.807) is 0 Å². The van der Waals surface area contributed by atoms with Crippen LogP contribution >= 0.6 is 0 Å². The van der Waals surface area contributed by atoms with E-state index in [9.17, 15) is 23.2 Å². The summed E-state index contributed by atoms with van der Waals surface area (Å²) in [6.45, 7) is 1.53. The lowest BCUT2D eigenvalue weighted by molar-refractivity contribution is -0.141. The van der Waals surface area contributed by atoms with Crippen molar-refractivity contribution in [2.24, 2.45) is 11.8 Å². The first kappa shape index (κ1) is 24.6. The molecule has 1 unspecified atom stereocenters. The fourth-order valence-corrected chi connectivity index (χ4v) is 4.77. The van der Waals surface area contributed by atoms with Crippen LogP contribution in [-0.2, 0) is 14.3 Å². The van der Waals surface area contributed by atoms with Crippen molar-refractivity contribution in [2.75, 3.05) is 13.2 Å². The fourth-order valence-electron chi connectivity index (χ4n) is 4.77. The molecule has 186 valence electrons. The Balaban J connectivity index is 1.35. The number of amides is 2. The van der Waals surface area contributed by atoms with Crippen LogP contribution in [0.2, 0.25) is 0 Å². The molecule has 35 heavy (non-hydrogen) atoms. The number of alkyl carbamates (subject to hydrolysis) is 1. The van der Waals surface area contributed by atoms with Crippen LogP contribution in [0.3, 0.4) is 0 Å². The summed E-state index contributed by atoms with van der Waals surface area (Å²) in [5, 5.41) is 13.8. The van der Waals surface area contributed by atoms with Gasteiger partial charge in [0.1, 0.15) is 18.6 Å². The highest BCUT2D eigenvalue weighted by Gasteiger charge is 2.72. The highest BCUT2D eigenvalue weighted by atomic mass is 19.3. The Hall–Kier alpha value is -3.49. The summed E-state index contributed by atoms with van der Waals surface area (Å²) < 4.78 is 32.7. The minimum Gasteiger partial charge on any atom is -0.481 e. The summed E-state index contributed by atoms with van der Waals surface area (Å²) in [5.41, 5.74) is 4.29. The molecule has 0 radical (unpaired) electrons. The van der Waals surface area contributed by atoms with Gasteiger partial charge in [-0.25, -0.2) is 13.6 Å². The van der Waals surface area contributed by atoms with Gasteiger partial charge in [0.25, 0.3) is 5.92 Å². The van der Waals surface area contributed by atoms with Crippen LogP contribution in [0.15, 0.2) is 48.5 Å². The van der Waals surface area contributed by atoms with E-state index >= 15 is 0 Å². The van der Waals surface area contributed by atoms with Crippen molar-refractivity contribution in [3.05, 3.63) is 59.7 Å². The predicted octanol–water partition coefficient (Wildman–Crippen LogP) is 4.17. The van der Waals surface area contributed by atoms with Gasteiger partial charge in [0.15, 0.2) is 0 Å². The molecular formula is C26H28F2N2O5. The van der Waals surface area contributed by atoms with Gasteiger partial charge in [-0.3, -0.25) is 9.59 Å². The number of carbonyl (C=O) groups excluding carboxylic acids is 2. The Morgan fingerprint density at radius 3 is 2.20 bits per heavy atom. The second-order valence-corrected chi connectivity index (χ2v) is 9.01. The minimum atomic E-state index is -3.35. The molecular weight excluding hydrogens is 458 g/mol. The number of unbranched alkanes of at least 4 members (excludes halogenated alkanes) is 1. The minimum absolute atomic E-state index is 0.0799. The number of hydrogen-bond acceptors (Lipinski definition) is 4. The van der Waals surface area contributed by atoms with Gasteiger partial charge in [-0.15, -0.1) is 0 Å². The van der Waals surface area contributed by atoms with Crippen molar-refractivity contribution in [2.45, 2.75) is 44.1 Å². The van der Waals surface area contributed by atoms with E-state index in [-0.39, 0.29) is 12.5 Å². The van der Waals surface area contributed by atoms with E-state index in [1.807, 2.05) is 55.5 Å². The molecule has 3 atom stereocenters. The molecule has 3 N–H and O–H groups in total. The lowest BCUT2D eigenvalue weighted by Crippen LogP contribution is -2.47. The number of ether oxygens (including phenoxy) is 1. The molecule has 4 rings (SSSR count). The summed E-state index contributed by atoms with van der Waals surface area (Å²) in [6, 6.07) is 14.9. The summed E-state index contributed by atoms with van der Waals surface area (Å²) in [5.74, 6) is -8.97. The van der Waals surface area contributed by atoms with E-state index in [0.29, 0.717) is 12.8 Å². The first-order valence-electron chi connectivity index (χ1n) is 11.8. The van der Waals surface area contributed by atoms with E-state index in [2.05, 4.69) is 10.6 Å². The number of hydrogen-bond donors (Lipinski definition) is 3. The van der Waals surface area contributed by atoms with Gasteiger partial charge in [-0.1, -0.05) is 68.3 Å². The number of carboxylic acids is 1. The molecule has 7 nitrogen and oxygen atoms in total. The van der Waals surface area contributed by atoms with Gasteiger partial charge < -0.3 is 20.5 Å². The maximum atomic E-state index is 13.6. The van der Waals surface area contributed by atoms with Crippen molar-refractivity contribution >= 4 is 18.0 Å². The first-order chi connectivity index (χ1) is 16.8. The Morgan fingerprint density at radius 1 is 1.06 bits per heavy atom. The maximum absolute atomic E-state index is 13.6. The SMILES string of the molecule is CCCCC(NC(=O)OCC1c2ccccc2-c2ccccc21)C(=O)NC[C@@H]1[C@H](C(=O)O)C1(F)F. The average molecular weight is 487 g/mol. The lowest BCUT2D eigenvalue weighted by atomic mass is 9.98. The zero-order chi connectivity index (χ0) is 25.2. The number of nitrogens with one attached hydrogen (secondary N) is 2. The largest absolute Gasteiger partial charge is 0.481 e. The molecule has 2 amide bonds. The van der Waals surface area contributed by atoms with Crippen molar-refractivity contribution < 1.29 is 33.0 Å². The summed E-state index contributed by atoms with van der Waals surface area (Å²) in [6.07, 6.45) is 0.913. The van der Waals surface area contributed by atoms with Gasteiger partial charge in [-0.05, 0) is 28.7 Å². The third-order valence-corrected chi connectivity index (χ3v) is 6.76. The molecule has 0 spiro atoms. The van der Waals surface area contributed by atoms with Crippen LogP contribution in [0.4, 0.5) is 13.6 Å². The molecule has 0 bridgehead atoms. The number of fused-ring (bicyclic) bond motifs is 3. The summed E-state index contributed by atoms with van der Waals surface area (Å²) >= 11 is 0. The topological polar surface area (TPSA) is 105 Å². The molecule has 2 aromatic carbocycles. The van der Waals surface area contributed by atoms with Gasteiger partial charge >= 0.3 is 12.1 Å². The van der Waals surface area contributed by atoms with Crippen LogP contribution in [0.5, 0.6) is 0 Å². The lowest BCUT2D eigenvalue weighted by Gasteiger charge is -2.19. The summed E-state index contributed by atoms with van der Waals surface area (Å²) in [4.78, 5) is 36.1. The van der Waals surface area contributed by atoms with Crippen molar-refractivity contribution in [1.82, 2.24) is 10.6 Å². The second kappa shape index (κ2) is 10.0. The fraction of sp³-hybridized carbons (Fsp3) is 0.423. The highest BCUT2D eigenvalue weighted by molar-refractivity contribution is 5.86. The van der Waals surface area contributed by atoms with Crippen molar-refractivity contribution in [3.63, 3.8) is 0 Å². The molecule has 2 aliphatic carbocycles. The van der Waals surface area contributed by atoms with Gasteiger partial charge in [-0.2, -0.15) is 0 Å². The van der Waals surface area contributed by atoms with E-state index < -0.39 is 48.3 Å². The molecule has 0 heterocycles. The van der Waals surface area contributed by atoms with Crippen molar-refractivity contribution in [3.8, 4) is 11.1 Å². The zero-order valence-electron chi connectivity index (χ0n) is 19.3.